The van der Waals surface area contributed by atoms with E-state index in [9.17, 15) is 4.79 Å². The molecule has 1 aromatic rings. The predicted octanol–water partition coefficient (Wildman–Crippen LogP) is 3.00. The number of carbonyl (C=O) groups is 1. The van der Waals surface area contributed by atoms with Crippen LogP contribution in [0.2, 0.25) is 5.02 Å². The van der Waals surface area contributed by atoms with Crippen molar-refractivity contribution in [2.45, 2.75) is 18.9 Å². The number of halogens is 2. The van der Waals surface area contributed by atoms with Crippen molar-refractivity contribution in [3.8, 4) is 11.5 Å². The van der Waals surface area contributed by atoms with Gasteiger partial charge in [-0.2, -0.15) is 0 Å². The maximum atomic E-state index is 12.3. The van der Waals surface area contributed by atoms with E-state index in [1.807, 2.05) is 7.05 Å². The lowest BCUT2D eigenvalue weighted by molar-refractivity contribution is -0.127. The third-order valence-electron chi connectivity index (χ3n) is 4.08. The molecule has 1 heterocycles. The lowest BCUT2D eigenvalue weighted by Gasteiger charge is -2.30. The van der Waals surface area contributed by atoms with Crippen molar-refractivity contribution >= 4 is 36.0 Å². The summed E-state index contributed by atoms with van der Waals surface area (Å²) in [5.74, 6) is 1.02. The Balaban J connectivity index is 0.00000288. The number of hydrogen-bond donors (Lipinski definition) is 1. The van der Waals surface area contributed by atoms with Gasteiger partial charge in [0.05, 0.1) is 19.2 Å². The summed E-state index contributed by atoms with van der Waals surface area (Å²) in [5.41, 5.74) is 0.791. The van der Waals surface area contributed by atoms with Crippen LogP contribution in [0.25, 0.3) is 6.08 Å². The van der Waals surface area contributed by atoms with Gasteiger partial charge in [0.1, 0.15) is 0 Å². The Kier molecular flexibility index (Phi) is 8.39. The van der Waals surface area contributed by atoms with E-state index < -0.39 is 0 Å². The lowest BCUT2D eigenvalue weighted by Crippen LogP contribution is -2.43. The van der Waals surface area contributed by atoms with Gasteiger partial charge in [0.25, 0.3) is 0 Å². The molecule has 1 N–H and O–H groups in total. The van der Waals surface area contributed by atoms with Gasteiger partial charge in [0, 0.05) is 19.2 Å². The molecule has 134 valence electrons. The molecule has 1 aromatic carbocycles. The molecule has 1 aliphatic heterocycles. The highest BCUT2D eigenvalue weighted by Gasteiger charge is 2.20. The third kappa shape index (κ3) is 5.03. The number of carbonyl (C=O) groups excluding carboxylic acids is 1. The summed E-state index contributed by atoms with van der Waals surface area (Å²) in [6, 6.07) is 3.83. The fourth-order valence-electron chi connectivity index (χ4n) is 2.69. The van der Waals surface area contributed by atoms with Crippen LogP contribution < -0.4 is 14.8 Å². The van der Waals surface area contributed by atoms with Crippen LogP contribution in [0.4, 0.5) is 0 Å². The number of hydrogen-bond acceptors (Lipinski definition) is 4. The number of benzene rings is 1. The number of piperidine rings is 1. The zero-order valence-corrected chi connectivity index (χ0v) is 15.7. The monoisotopic (exact) mass is 374 g/mol. The summed E-state index contributed by atoms with van der Waals surface area (Å²) in [4.78, 5) is 14.1. The first-order valence-corrected chi connectivity index (χ1v) is 8.01. The first-order chi connectivity index (χ1) is 11.1. The van der Waals surface area contributed by atoms with Crippen LogP contribution in [0, 0.1) is 0 Å². The summed E-state index contributed by atoms with van der Waals surface area (Å²) < 4.78 is 10.5. The highest BCUT2D eigenvalue weighted by atomic mass is 35.5. The zero-order chi connectivity index (χ0) is 16.8. The highest BCUT2D eigenvalue weighted by Crippen LogP contribution is 2.36. The number of rotatable bonds is 5. The fourth-order valence-corrected chi connectivity index (χ4v) is 2.99. The topological polar surface area (TPSA) is 50.8 Å². The summed E-state index contributed by atoms with van der Waals surface area (Å²) in [5, 5.41) is 3.75. The molecule has 0 saturated carbocycles. The smallest absolute Gasteiger partial charge is 0.246 e. The molecule has 0 bridgehead atoms. The molecule has 0 spiro atoms. The van der Waals surface area contributed by atoms with Crippen molar-refractivity contribution in [3.63, 3.8) is 0 Å². The van der Waals surface area contributed by atoms with Crippen LogP contribution in [-0.4, -0.2) is 51.2 Å². The zero-order valence-electron chi connectivity index (χ0n) is 14.2. The normalized spacial score (nSPS) is 15.0. The molecule has 1 saturated heterocycles. The molecule has 1 aliphatic rings. The largest absolute Gasteiger partial charge is 0.493 e. The van der Waals surface area contributed by atoms with Crippen molar-refractivity contribution in [2.24, 2.45) is 0 Å². The third-order valence-corrected chi connectivity index (χ3v) is 4.36. The lowest BCUT2D eigenvalue weighted by atomic mass is 10.1. The number of ether oxygens (including phenoxy) is 2. The molecule has 24 heavy (non-hydrogen) atoms. The Labute approximate surface area is 154 Å². The Hall–Kier alpha value is -1.43. The quantitative estimate of drug-likeness (QED) is 0.804. The number of methoxy groups -OCH3 is 2. The molecular formula is C17H24Cl2N2O3. The summed E-state index contributed by atoms with van der Waals surface area (Å²) in [7, 11) is 4.94. The molecule has 1 amide bonds. The standard InChI is InChI=1S/C17H23ClN2O3.ClH/c1-20(13-6-8-19-9-7-13)16(21)5-4-12-10-14(18)17(23-3)15(11-12)22-2;/h4-5,10-11,13,19H,6-9H2,1-3H3;1H/b5-4+;. The molecule has 5 nitrogen and oxygen atoms in total. The predicted molar refractivity (Wildman–Crippen MR) is 99.5 cm³/mol. The first kappa shape index (κ1) is 20.6. The fraction of sp³-hybridized carbons (Fsp3) is 0.471. The van der Waals surface area contributed by atoms with E-state index in [1.165, 1.54) is 7.11 Å². The van der Waals surface area contributed by atoms with Crippen molar-refractivity contribution in [1.29, 1.82) is 0 Å². The Morgan fingerprint density at radius 2 is 1.96 bits per heavy atom. The molecule has 0 aromatic heterocycles. The molecule has 0 unspecified atom stereocenters. The van der Waals surface area contributed by atoms with Crippen molar-refractivity contribution < 1.29 is 14.3 Å². The van der Waals surface area contributed by atoms with E-state index in [4.69, 9.17) is 21.1 Å². The van der Waals surface area contributed by atoms with Gasteiger partial charge in [0.2, 0.25) is 5.91 Å². The Morgan fingerprint density at radius 3 is 2.54 bits per heavy atom. The molecule has 7 heteroatoms. The average Bonchev–Trinajstić information content (AvgIpc) is 2.59. The van der Waals surface area contributed by atoms with Gasteiger partial charge in [-0.1, -0.05) is 11.6 Å². The summed E-state index contributed by atoms with van der Waals surface area (Å²) in [6.07, 6.45) is 5.28. The Morgan fingerprint density at radius 1 is 1.29 bits per heavy atom. The minimum Gasteiger partial charge on any atom is -0.493 e. The average molecular weight is 375 g/mol. The number of nitrogens with zero attached hydrogens (tertiary/aromatic N) is 1. The molecule has 0 radical (unpaired) electrons. The van der Waals surface area contributed by atoms with Gasteiger partial charge < -0.3 is 19.7 Å². The molecule has 0 atom stereocenters. The van der Waals surface area contributed by atoms with Crippen LogP contribution in [0.3, 0.4) is 0 Å². The van der Waals surface area contributed by atoms with Gasteiger partial charge in [-0.3, -0.25) is 4.79 Å². The highest BCUT2D eigenvalue weighted by molar-refractivity contribution is 6.32. The van der Waals surface area contributed by atoms with Crippen LogP contribution >= 0.6 is 24.0 Å². The summed E-state index contributed by atoms with van der Waals surface area (Å²) in [6.45, 7) is 1.91. The Bertz CT molecular complexity index is 587. The minimum absolute atomic E-state index is 0. The molecule has 0 aliphatic carbocycles. The SMILES string of the molecule is COc1cc(/C=C/C(=O)N(C)C2CCNCC2)cc(Cl)c1OC.Cl. The molecule has 1 fully saturated rings. The van der Waals surface area contributed by atoms with E-state index in [1.54, 1.807) is 36.3 Å². The van der Waals surface area contributed by atoms with Crippen molar-refractivity contribution in [1.82, 2.24) is 10.2 Å². The van der Waals surface area contributed by atoms with Crippen molar-refractivity contribution in [2.75, 3.05) is 34.4 Å². The van der Waals surface area contributed by atoms with E-state index >= 15 is 0 Å². The molecular weight excluding hydrogens is 351 g/mol. The maximum absolute atomic E-state index is 12.3. The maximum Gasteiger partial charge on any atom is 0.246 e. The van der Waals surface area contributed by atoms with E-state index in [2.05, 4.69) is 5.32 Å². The van der Waals surface area contributed by atoms with Gasteiger partial charge in [-0.15, -0.1) is 12.4 Å². The summed E-state index contributed by atoms with van der Waals surface area (Å²) >= 11 is 6.17. The van der Waals surface area contributed by atoms with Crippen LogP contribution in [0.1, 0.15) is 18.4 Å². The van der Waals surface area contributed by atoms with E-state index in [0.717, 1.165) is 31.5 Å². The number of likely N-dealkylation sites (N-methyl/N-ethyl adjacent to an activating group) is 1. The van der Waals surface area contributed by atoms with Crippen molar-refractivity contribution in [3.05, 3.63) is 28.8 Å². The minimum atomic E-state index is -0.0113. The first-order valence-electron chi connectivity index (χ1n) is 7.64. The van der Waals surface area contributed by atoms with E-state index in [0.29, 0.717) is 22.6 Å². The second-order valence-electron chi connectivity index (χ2n) is 5.50. The second-order valence-corrected chi connectivity index (χ2v) is 5.91. The van der Waals surface area contributed by atoms with Gasteiger partial charge in [-0.05, 0) is 49.7 Å². The number of nitrogens with one attached hydrogen (secondary N) is 1. The van der Waals surface area contributed by atoms with Crippen LogP contribution in [0.15, 0.2) is 18.2 Å². The van der Waals surface area contributed by atoms with Gasteiger partial charge in [0.15, 0.2) is 11.5 Å². The van der Waals surface area contributed by atoms with Gasteiger partial charge >= 0.3 is 0 Å². The number of amides is 1. The van der Waals surface area contributed by atoms with Gasteiger partial charge in [-0.25, -0.2) is 0 Å². The second kappa shape index (κ2) is 9.77. The van der Waals surface area contributed by atoms with Crippen LogP contribution in [-0.2, 0) is 4.79 Å². The van der Waals surface area contributed by atoms with Crippen LogP contribution in [0.5, 0.6) is 11.5 Å². The van der Waals surface area contributed by atoms with E-state index in [-0.39, 0.29) is 18.3 Å². The molecule has 2 rings (SSSR count).